The summed E-state index contributed by atoms with van der Waals surface area (Å²) in [6, 6.07) is 52.9. The van der Waals surface area contributed by atoms with Crippen molar-refractivity contribution in [2.24, 2.45) is 0 Å². The van der Waals surface area contributed by atoms with Gasteiger partial charge in [-0.05, 0) is 0 Å². The van der Waals surface area contributed by atoms with Crippen LogP contribution in [0.15, 0.2) is 161 Å². The molecule has 0 unspecified atom stereocenters. The summed E-state index contributed by atoms with van der Waals surface area (Å²) in [7, 11) is 0. The van der Waals surface area contributed by atoms with E-state index in [0.29, 0.717) is 0 Å². The zero-order valence-corrected chi connectivity index (χ0v) is 37.3. The maximum absolute atomic E-state index is 6.07. The van der Waals surface area contributed by atoms with Crippen molar-refractivity contribution >= 4 is 7.48 Å². The van der Waals surface area contributed by atoms with E-state index < -0.39 is 18.3 Å². The first-order valence-electron chi connectivity index (χ1n) is 20.6. The quantitative estimate of drug-likeness (QED) is 0.143. The molecule has 0 aromatic heterocycles. The van der Waals surface area contributed by atoms with E-state index in [0.717, 1.165) is 17.0 Å². The molecular formula is C55H58Zr. The molecule has 0 aliphatic heterocycles. The fourth-order valence-corrected chi connectivity index (χ4v) is 29.0. The summed E-state index contributed by atoms with van der Waals surface area (Å²) in [6.07, 6.45) is 9.07. The fraction of sp³-hybridized carbons (Fsp3) is 0.255. The van der Waals surface area contributed by atoms with Crippen LogP contribution in [0.3, 0.4) is 0 Å². The maximum atomic E-state index is 6.07. The summed E-state index contributed by atoms with van der Waals surface area (Å²) in [5.41, 5.74) is 16.5. The first kappa shape index (κ1) is 38.4. The third-order valence-corrected chi connectivity index (χ3v) is 33.8. The van der Waals surface area contributed by atoms with Gasteiger partial charge in [0.2, 0.25) is 0 Å². The molecule has 2 aliphatic carbocycles. The van der Waals surface area contributed by atoms with Crippen LogP contribution in [0.5, 0.6) is 0 Å². The molecule has 0 spiro atoms. The van der Waals surface area contributed by atoms with E-state index in [9.17, 15) is 0 Å². The van der Waals surface area contributed by atoms with Crippen LogP contribution in [0.4, 0.5) is 0 Å². The van der Waals surface area contributed by atoms with E-state index in [-0.39, 0.29) is 14.0 Å². The number of benzene rings is 6. The van der Waals surface area contributed by atoms with Gasteiger partial charge in [0.1, 0.15) is 0 Å². The summed E-state index contributed by atoms with van der Waals surface area (Å²) >= 11 is -5.07. The Morgan fingerprint density at radius 3 is 1.66 bits per heavy atom. The molecule has 0 heterocycles. The third kappa shape index (κ3) is 6.09. The average Bonchev–Trinajstić information content (AvgIpc) is 3.87. The molecule has 0 amide bonds. The Bertz CT molecular complexity index is 2550. The number of fused-ring (bicyclic) bond motifs is 3. The molecule has 0 N–H and O–H groups in total. The van der Waals surface area contributed by atoms with Gasteiger partial charge in [-0.15, -0.1) is 0 Å². The van der Waals surface area contributed by atoms with Crippen LogP contribution in [-0.4, -0.2) is 4.21 Å². The molecule has 6 aromatic rings. The van der Waals surface area contributed by atoms with E-state index in [2.05, 4.69) is 213 Å². The molecule has 0 fully saturated rings. The summed E-state index contributed by atoms with van der Waals surface area (Å²) < 4.78 is 9.93. The molecule has 1 heteroatoms. The predicted molar refractivity (Wildman–Crippen MR) is 241 cm³/mol. The average molecular weight is 810 g/mol. The second kappa shape index (κ2) is 13.9. The molecule has 0 nitrogen and oxygen atoms in total. The van der Waals surface area contributed by atoms with Gasteiger partial charge in [0.15, 0.2) is 0 Å². The van der Waals surface area contributed by atoms with Crippen LogP contribution in [-0.2, 0) is 42.8 Å². The van der Waals surface area contributed by atoms with E-state index in [1.165, 1.54) is 66.8 Å². The second-order valence-corrected chi connectivity index (χ2v) is 34.4. The Hall–Kier alpha value is -4.45. The van der Waals surface area contributed by atoms with Crippen molar-refractivity contribution in [2.45, 2.75) is 86.3 Å². The van der Waals surface area contributed by atoms with Gasteiger partial charge in [-0.2, -0.15) is 0 Å². The Morgan fingerprint density at radius 2 is 1.11 bits per heavy atom. The van der Waals surface area contributed by atoms with Crippen molar-refractivity contribution in [1.82, 2.24) is 0 Å². The summed E-state index contributed by atoms with van der Waals surface area (Å²) in [6.45, 7) is 19.5. The fourth-order valence-electron chi connectivity index (χ4n) is 10.5. The predicted octanol–water partition coefficient (Wildman–Crippen LogP) is 13.9. The van der Waals surface area contributed by atoms with E-state index >= 15 is 0 Å². The Morgan fingerprint density at radius 1 is 0.571 bits per heavy atom. The van der Waals surface area contributed by atoms with Crippen LogP contribution >= 0.6 is 0 Å². The summed E-state index contributed by atoms with van der Waals surface area (Å²) in [4.78, 5) is 0. The number of rotatable bonds is 8. The van der Waals surface area contributed by atoms with Crippen molar-refractivity contribution in [2.75, 3.05) is 0 Å². The van der Waals surface area contributed by atoms with Crippen molar-refractivity contribution in [1.29, 1.82) is 0 Å². The standard InChI is InChI=1S/C33H33.C9H11.C7H7.C5H5.CH2.Zr/c1-32(2,3)30-20-26-24(18-28(30)22-13-9-7-10-14-22)17-25-19-29(23-15-11-8-12-16-23)31(21-27(25)26)33(4,5)6;1-8(2)9-6-4-3-5-7-9;1-7-5-3-2-4-6-7;1-2-4-5-3-1;;/h7-16,18,20-21H,17H2,1-6H3;3-7H,1-2H3;2-6H,1H2;1-3H,4H2;1H2;. The molecule has 0 radical (unpaired) electrons. The summed E-state index contributed by atoms with van der Waals surface area (Å²) in [5.74, 6) is 0. The van der Waals surface area contributed by atoms with Crippen LogP contribution in [0.2, 0.25) is 0 Å². The first-order chi connectivity index (χ1) is 26.6. The molecule has 6 aromatic carbocycles. The second-order valence-electron chi connectivity index (χ2n) is 19.3. The normalized spacial score (nSPS) is 14.4. The van der Waals surface area contributed by atoms with Crippen LogP contribution in [0.25, 0.3) is 33.4 Å². The van der Waals surface area contributed by atoms with Crippen molar-refractivity contribution in [3.8, 4) is 33.4 Å². The van der Waals surface area contributed by atoms with E-state index in [1.807, 2.05) is 0 Å². The van der Waals surface area contributed by atoms with Crippen molar-refractivity contribution in [3.63, 3.8) is 0 Å². The molecule has 56 heavy (non-hydrogen) atoms. The van der Waals surface area contributed by atoms with Crippen molar-refractivity contribution < 1.29 is 18.3 Å². The zero-order chi connectivity index (χ0) is 39.5. The molecule has 0 atom stereocenters. The molecular weight excluding hydrogens is 752 g/mol. The SMILES string of the molecule is [CH2]=[Zr]([CH2]c1ccccc1)([C]1=CC=CC1)([c]1c2c(cc(C(C)(C)C)c1-c1ccccc1)-c1cc(C(C)(C)C)c(-c3ccccc3)cc1C2)[C](C)(C)c1ccccc1. The zero-order valence-electron chi connectivity index (χ0n) is 34.8. The monoisotopic (exact) mass is 808 g/mol. The van der Waals surface area contributed by atoms with Gasteiger partial charge in [0.25, 0.3) is 0 Å². The summed E-state index contributed by atoms with van der Waals surface area (Å²) in [5, 5.41) is 0. The molecule has 8 rings (SSSR count). The van der Waals surface area contributed by atoms with E-state index in [4.69, 9.17) is 4.21 Å². The molecule has 282 valence electrons. The number of hydrogen-bond acceptors (Lipinski definition) is 0. The van der Waals surface area contributed by atoms with Gasteiger partial charge in [-0.1, -0.05) is 0 Å². The van der Waals surface area contributed by atoms with Gasteiger partial charge in [-0.3, -0.25) is 0 Å². The topological polar surface area (TPSA) is 0 Å². The molecule has 0 saturated heterocycles. The van der Waals surface area contributed by atoms with Crippen LogP contribution in [0, 0.1) is 0 Å². The Labute approximate surface area is 337 Å². The van der Waals surface area contributed by atoms with Gasteiger partial charge in [0, 0.05) is 0 Å². The van der Waals surface area contributed by atoms with Crippen molar-refractivity contribution in [3.05, 3.63) is 194 Å². The van der Waals surface area contributed by atoms with Gasteiger partial charge < -0.3 is 0 Å². The number of hydrogen-bond donors (Lipinski definition) is 0. The van der Waals surface area contributed by atoms with Crippen LogP contribution < -0.4 is 3.27 Å². The molecule has 0 saturated carbocycles. The van der Waals surface area contributed by atoms with Gasteiger partial charge in [0.05, 0.1) is 0 Å². The Balaban J connectivity index is 1.60. The number of allylic oxidation sites excluding steroid dienone is 4. The van der Waals surface area contributed by atoms with Crippen LogP contribution in [0.1, 0.15) is 95.2 Å². The minimum atomic E-state index is -5.07. The van der Waals surface area contributed by atoms with Gasteiger partial charge in [-0.25, -0.2) is 0 Å². The Kier molecular flexibility index (Phi) is 9.53. The van der Waals surface area contributed by atoms with E-state index in [1.54, 1.807) is 6.55 Å². The molecule has 2 aliphatic rings. The minimum absolute atomic E-state index is 0.0396. The molecule has 0 bridgehead atoms. The third-order valence-electron chi connectivity index (χ3n) is 13.7. The van der Waals surface area contributed by atoms with Gasteiger partial charge >= 0.3 is 340 Å². The first-order valence-corrected chi connectivity index (χ1v) is 27.8.